The molecule has 170 valence electrons. The summed E-state index contributed by atoms with van der Waals surface area (Å²) in [5.74, 6) is -1.56. The molecule has 1 spiro atoms. The van der Waals surface area contributed by atoms with Crippen molar-refractivity contribution in [2.45, 2.75) is 108 Å². The van der Waals surface area contributed by atoms with E-state index in [9.17, 15) is 14.4 Å². The summed E-state index contributed by atoms with van der Waals surface area (Å²) >= 11 is 0. The quantitative estimate of drug-likeness (QED) is 0.655. The standard InChI is InChI=1S/C24H35N3O4/c1-14(2)27-20(22(29)26-16-8-4-3-5-9-16)24-13-12-17(31-24)18(19(24)23(27)30)21(28)25-15-10-6-7-11-15/h12-20H,3-11H2,1-2H3,(H,25,28)(H,26,29)/t17-,18-,19+,20+,24+/m1/s1. The van der Waals surface area contributed by atoms with Gasteiger partial charge >= 0.3 is 0 Å². The summed E-state index contributed by atoms with van der Waals surface area (Å²) in [6, 6.07) is -0.527. The van der Waals surface area contributed by atoms with Crippen molar-refractivity contribution < 1.29 is 19.1 Å². The van der Waals surface area contributed by atoms with Crippen molar-refractivity contribution in [2.75, 3.05) is 0 Å². The van der Waals surface area contributed by atoms with E-state index in [1.54, 1.807) is 4.90 Å². The van der Waals surface area contributed by atoms with Gasteiger partial charge in [0, 0.05) is 18.1 Å². The summed E-state index contributed by atoms with van der Waals surface area (Å²) in [5.41, 5.74) is -1.04. The number of hydrogen-bond acceptors (Lipinski definition) is 4. The Labute approximate surface area is 184 Å². The maximum Gasteiger partial charge on any atom is 0.246 e. The fourth-order valence-corrected chi connectivity index (χ4v) is 6.66. The maximum atomic E-state index is 13.6. The van der Waals surface area contributed by atoms with Gasteiger partial charge in [-0.15, -0.1) is 0 Å². The van der Waals surface area contributed by atoms with Crippen molar-refractivity contribution >= 4 is 17.7 Å². The van der Waals surface area contributed by atoms with E-state index in [0.29, 0.717) is 0 Å². The van der Waals surface area contributed by atoms with Gasteiger partial charge in [-0.05, 0) is 39.5 Å². The molecule has 2 N–H and O–H groups in total. The van der Waals surface area contributed by atoms with Crippen LogP contribution in [0.2, 0.25) is 0 Å². The summed E-state index contributed by atoms with van der Waals surface area (Å²) in [6.45, 7) is 3.86. The normalized spacial score (nSPS) is 37.6. The second-order valence-corrected chi connectivity index (χ2v) is 10.4. The molecular formula is C24H35N3O4. The van der Waals surface area contributed by atoms with E-state index in [2.05, 4.69) is 10.6 Å². The third-order valence-electron chi connectivity index (χ3n) is 8.07. The molecule has 0 radical (unpaired) electrons. The zero-order valence-electron chi connectivity index (χ0n) is 18.6. The highest BCUT2D eigenvalue weighted by Crippen LogP contribution is 2.55. The van der Waals surface area contributed by atoms with Crippen molar-refractivity contribution in [3.8, 4) is 0 Å². The minimum absolute atomic E-state index is 0.0986. The lowest BCUT2D eigenvalue weighted by Gasteiger charge is -2.35. The lowest BCUT2D eigenvalue weighted by Crippen LogP contribution is -2.57. The number of nitrogens with one attached hydrogen (secondary N) is 2. The summed E-state index contributed by atoms with van der Waals surface area (Å²) in [6.07, 6.45) is 13.0. The fourth-order valence-electron chi connectivity index (χ4n) is 6.66. The van der Waals surface area contributed by atoms with E-state index < -0.39 is 29.6 Å². The number of likely N-dealkylation sites (tertiary alicyclic amines) is 1. The van der Waals surface area contributed by atoms with Gasteiger partial charge in [0.15, 0.2) is 0 Å². The van der Waals surface area contributed by atoms with E-state index in [1.807, 2.05) is 26.0 Å². The average molecular weight is 430 g/mol. The first kappa shape index (κ1) is 21.0. The molecule has 7 heteroatoms. The monoisotopic (exact) mass is 429 g/mol. The largest absolute Gasteiger partial charge is 0.359 e. The molecule has 2 bridgehead atoms. The van der Waals surface area contributed by atoms with Crippen LogP contribution in [-0.4, -0.2) is 58.5 Å². The Morgan fingerprint density at radius 3 is 2.19 bits per heavy atom. The number of fused-ring (bicyclic) bond motifs is 1. The summed E-state index contributed by atoms with van der Waals surface area (Å²) in [7, 11) is 0. The number of amides is 3. The van der Waals surface area contributed by atoms with Crippen molar-refractivity contribution in [3.05, 3.63) is 12.2 Å². The Kier molecular flexibility index (Phi) is 5.35. The van der Waals surface area contributed by atoms with E-state index in [1.165, 1.54) is 6.42 Å². The van der Waals surface area contributed by atoms with Crippen molar-refractivity contribution in [2.24, 2.45) is 11.8 Å². The van der Waals surface area contributed by atoms with Crippen molar-refractivity contribution in [1.82, 2.24) is 15.5 Å². The van der Waals surface area contributed by atoms with Crippen LogP contribution < -0.4 is 10.6 Å². The van der Waals surface area contributed by atoms with Gasteiger partial charge in [0.1, 0.15) is 11.6 Å². The molecule has 3 aliphatic heterocycles. The van der Waals surface area contributed by atoms with E-state index in [-0.39, 0.29) is 35.8 Å². The minimum atomic E-state index is -1.04. The van der Waals surface area contributed by atoms with Crippen LogP contribution >= 0.6 is 0 Å². The molecule has 5 aliphatic rings. The van der Waals surface area contributed by atoms with E-state index >= 15 is 0 Å². The third-order valence-corrected chi connectivity index (χ3v) is 8.07. The third kappa shape index (κ3) is 3.31. The molecule has 0 aromatic carbocycles. The van der Waals surface area contributed by atoms with E-state index in [4.69, 9.17) is 4.74 Å². The molecule has 7 nitrogen and oxygen atoms in total. The highest BCUT2D eigenvalue weighted by Gasteiger charge is 2.73. The molecule has 0 aromatic heterocycles. The highest BCUT2D eigenvalue weighted by molar-refractivity contribution is 6.00. The second-order valence-electron chi connectivity index (χ2n) is 10.4. The number of carbonyl (C=O) groups is 3. The van der Waals surface area contributed by atoms with Crippen LogP contribution in [0.5, 0.6) is 0 Å². The molecule has 0 aromatic rings. The molecule has 2 aliphatic carbocycles. The predicted octanol–water partition coefficient (Wildman–Crippen LogP) is 2.05. The molecule has 5 rings (SSSR count). The zero-order valence-corrected chi connectivity index (χ0v) is 18.6. The SMILES string of the molecule is CC(C)N1C(=O)[C@@H]2[C@H](C(=O)NC3CCCC3)[C@H]3C=C[C@@]2(O3)[C@@H]1C(=O)NC1CCCCC1. The van der Waals surface area contributed by atoms with Crippen LogP contribution in [0.3, 0.4) is 0 Å². The fraction of sp³-hybridized carbons (Fsp3) is 0.792. The van der Waals surface area contributed by atoms with Crippen molar-refractivity contribution in [1.29, 1.82) is 0 Å². The van der Waals surface area contributed by atoms with Gasteiger partial charge in [-0.3, -0.25) is 14.4 Å². The molecule has 2 saturated heterocycles. The molecule has 5 atom stereocenters. The second kappa shape index (κ2) is 7.91. The summed E-state index contributed by atoms with van der Waals surface area (Å²) in [5, 5.41) is 6.38. The Morgan fingerprint density at radius 1 is 1.00 bits per heavy atom. The Balaban J connectivity index is 1.42. The number of carbonyl (C=O) groups excluding carboxylic acids is 3. The molecule has 3 amide bonds. The predicted molar refractivity (Wildman–Crippen MR) is 115 cm³/mol. The summed E-state index contributed by atoms with van der Waals surface area (Å²) in [4.78, 5) is 42.1. The average Bonchev–Trinajstić information content (AvgIpc) is 3.50. The molecule has 4 fully saturated rings. The molecular weight excluding hydrogens is 394 g/mol. The van der Waals surface area contributed by atoms with Gasteiger partial charge in [-0.25, -0.2) is 0 Å². The first-order valence-corrected chi connectivity index (χ1v) is 12.2. The molecule has 0 unspecified atom stereocenters. The van der Waals surface area contributed by atoms with Gasteiger partial charge in [0.2, 0.25) is 17.7 Å². The molecule has 31 heavy (non-hydrogen) atoms. The Morgan fingerprint density at radius 2 is 1.58 bits per heavy atom. The Bertz CT molecular complexity index is 784. The van der Waals surface area contributed by atoms with Crippen molar-refractivity contribution in [3.63, 3.8) is 0 Å². The first-order chi connectivity index (χ1) is 14.9. The van der Waals surface area contributed by atoms with Crippen LogP contribution in [0.15, 0.2) is 12.2 Å². The van der Waals surface area contributed by atoms with Crippen LogP contribution in [0.25, 0.3) is 0 Å². The number of ether oxygens (including phenoxy) is 1. The molecule has 3 heterocycles. The first-order valence-electron chi connectivity index (χ1n) is 12.2. The number of hydrogen-bond donors (Lipinski definition) is 2. The lowest BCUT2D eigenvalue weighted by atomic mass is 9.74. The highest BCUT2D eigenvalue weighted by atomic mass is 16.5. The maximum absolute atomic E-state index is 13.6. The topological polar surface area (TPSA) is 87.7 Å². The van der Waals surface area contributed by atoms with Gasteiger partial charge in [-0.2, -0.15) is 0 Å². The van der Waals surface area contributed by atoms with Gasteiger partial charge in [0.05, 0.1) is 17.9 Å². The van der Waals surface area contributed by atoms with Gasteiger partial charge < -0.3 is 20.3 Å². The summed E-state index contributed by atoms with van der Waals surface area (Å²) < 4.78 is 6.36. The van der Waals surface area contributed by atoms with Crippen LogP contribution in [0.1, 0.15) is 71.6 Å². The zero-order chi connectivity index (χ0) is 21.8. The lowest BCUT2D eigenvalue weighted by molar-refractivity contribution is -0.144. The van der Waals surface area contributed by atoms with Gasteiger partial charge in [-0.1, -0.05) is 44.3 Å². The van der Waals surface area contributed by atoms with Gasteiger partial charge in [0.25, 0.3) is 0 Å². The number of nitrogens with zero attached hydrogens (tertiary/aromatic N) is 1. The minimum Gasteiger partial charge on any atom is -0.359 e. The number of rotatable bonds is 5. The molecule has 2 saturated carbocycles. The van der Waals surface area contributed by atoms with E-state index in [0.717, 1.165) is 51.4 Å². The Hall–Kier alpha value is -1.89. The van der Waals surface area contributed by atoms with Crippen LogP contribution in [-0.2, 0) is 19.1 Å². The smallest absolute Gasteiger partial charge is 0.246 e. The van der Waals surface area contributed by atoms with Crippen LogP contribution in [0, 0.1) is 11.8 Å². The van der Waals surface area contributed by atoms with Crippen LogP contribution in [0.4, 0.5) is 0 Å².